The van der Waals surface area contributed by atoms with E-state index in [1.54, 1.807) is 60.7 Å². The van der Waals surface area contributed by atoms with Gasteiger partial charge in [0.15, 0.2) is 23.9 Å². The number of hydrogen-bond acceptors (Lipinski definition) is 8. The third-order valence-electron chi connectivity index (χ3n) is 5.70. The summed E-state index contributed by atoms with van der Waals surface area (Å²) in [4.78, 5) is 29.8. The molecule has 2 aromatic heterocycles. The van der Waals surface area contributed by atoms with Gasteiger partial charge >= 0.3 is 5.97 Å². The first-order valence-electron chi connectivity index (χ1n) is 11.8. The Kier molecular flexibility index (Phi) is 7.67. The van der Waals surface area contributed by atoms with Crippen molar-refractivity contribution in [3.63, 3.8) is 0 Å². The number of para-hydroxylation sites is 1. The molecule has 2 heterocycles. The van der Waals surface area contributed by atoms with Gasteiger partial charge in [-0.1, -0.05) is 23.7 Å². The summed E-state index contributed by atoms with van der Waals surface area (Å²) in [5.74, 6) is 0.791. The number of halogens is 2. The Bertz CT molecular complexity index is 1800. The molecule has 0 aliphatic carbocycles. The minimum atomic E-state index is -0.525. The van der Waals surface area contributed by atoms with E-state index < -0.39 is 5.97 Å². The van der Waals surface area contributed by atoms with E-state index >= 15 is 0 Å². The Morgan fingerprint density at radius 1 is 1.13 bits per heavy atom. The first-order chi connectivity index (χ1) is 18.9. The Labute approximate surface area is 235 Å². The molecular formula is C28H21BrClN3O6. The van der Waals surface area contributed by atoms with Gasteiger partial charge in [0.2, 0.25) is 5.82 Å². The number of carbonyl (C=O) groups is 1. The number of esters is 1. The number of carbonyl (C=O) groups excluding carboxylic acids is 1. The third kappa shape index (κ3) is 5.52. The van der Waals surface area contributed by atoms with Crippen molar-refractivity contribution >= 4 is 61.6 Å². The van der Waals surface area contributed by atoms with E-state index in [9.17, 15) is 9.59 Å². The van der Waals surface area contributed by atoms with Crippen LogP contribution < -0.4 is 15.0 Å². The van der Waals surface area contributed by atoms with Crippen LogP contribution in [0.4, 0.5) is 0 Å². The lowest BCUT2D eigenvalue weighted by molar-refractivity contribution is -0.142. The van der Waals surface area contributed by atoms with Gasteiger partial charge in [0.25, 0.3) is 5.56 Å². The lowest BCUT2D eigenvalue weighted by atomic mass is 10.2. The van der Waals surface area contributed by atoms with Gasteiger partial charge in [-0.25, -0.2) is 9.78 Å². The van der Waals surface area contributed by atoms with Gasteiger partial charge in [0, 0.05) is 20.4 Å². The Morgan fingerprint density at radius 3 is 2.72 bits per heavy atom. The molecule has 9 nitrogen and oxygen atoms in total. The summed E-state index contributed by atoms with van der Waals surface area (Å²) < 4.78 is 23.7. The highest BCUT2D eigenvalue weighted by Crippen LogP contribution is 2.34. The summed E-state index contributed by atoms with van der Waals surface area (Å²) >= 11 is 9.65. The van der Waals surface area contributed by atoms with E-state index in [0.717, 1.165) is 5.39 Å². The minimum Gasteiger partial charge on any atom is -0.490 e. The lowest BCUT2D eigenvalue weighted by Crippen LogP contribution is -2.20. The summed E-state index contributed by atoms with van der Waals surface area (Å²) in [6.07, 6.45) is 1.50. The van der Waals surface area contributed by atoms with Gasteiger partial charge in [-0.3, -0.25) is 4.79 Å². The predicted octanol–water partition coefficient (Wildman–Crippen LogP) is 6.06. The first kappa shape index (κ1) is 26.5. The number of hydrogen-bond donors (Lipinski definition) is 0. The number of benzene rings is 3. The van der Waals surface area contributed by atoms with Gasteiger partial charge < -0.3 is 18.6 Å². The van der Waals surface area contributed by atoms with Gasteiger partial charge in [-0.15, -0.1) is 0 Å². The van der Waals surface area contributed by atoms with Crippen molar-refractivity contribution in [2.45, 2.75) is 6.92 Å². The van der Waals surface area contributed by atoms with Crippen LogP contribution in [0.3, 0.4) is 0 Å². The molecule has 0 spiro atoms. The zero-order chi connectivity index (χ0) is 27.5. The molecule has 0 amide bonds. The SMILES string of the molecule is CCOc1cc(C=Nn2c(-c3cc4cc(Cl)ccc4o3)nc3ccccc3c2=O)c(Br)cc1OCC(=O)OC. The van der Waals surface area contributed by atoms with Gasteiger partial charge in [-0.2, -0.15) is 9.78 Å². The molecule has 0 radical (unpaired) electrons. The standard InChI is InChI=1S/C28H21BrClN3O6/c1-3-37-23-12-17(20(29)13-24(23)38-15-26(34)36-2)14-31-33-27(32-21-7-5-4-6-19(21)28(33)35)25-11-16-10-18(30)8-9-22(16)39-25/h4-14H,3,15H2,1-2H3. The third-order valence-corrected chi connectivity index (χ3v) is 6.62. The Morgan fingerprint density at radius 2 is 1.92 bits per heavy atom. The van der Waals surface area contributed by atoms with Crippen molar-refractivity contribution in [1.82, 2.24) is 9.66 Å². The number of nitrogens with zero attached hydrogens (tertiary/aromatic N) is 3. The molecule has 0 saturated heterocycles. The monoisotopic (exact) mass is 609 g/mol. The number of ether oxygens (including phenoxy) is 3. The van der Waals surface area contributed by atoms with Crippen LogP contribution in [-0.2, 0) is 9.53 Å². The van der Waals surface area contributed by atoms with E-state index in [4.69, 9.17) is 30.5 Å². The minimum absolute atomic E-state index is 0.224. The van der Waals surface area contributed by atoms with E-state index in [2.05, 4.69) is 25.8 Å². The summed E-state index contributed by atoms with van der Waals surface area (Å²) in [6.45, 7) is 1.91. The molecule has 0 unspecified atom stereocenters. The Balaban J connectivity index is 1.61. The first-order valence-corrected chi connectivity index (χ1v) is 13.0. The average molecular weight is 611 g/mol. The molecule has 0 aliphatic heterocycles. The van der Waals surface area contributed by atoms with Crippen LogP contribution in [0, 0.1) is 0 Å². The number of aromatic nitrogens is 2. The highest BCUT2D eigenvalue weighted by atomic mass is 79.9. The normalized spacial score (nSPS) is 11.4. The second kappa shape index (κ2) is 11.3. The quantitative estimate of drug-likeness (QED) is 0.155. The van der Waals surface area contributed by atoms with Crippen LogP contribution in [0.15, 0.2) is 79.4 Å². The number of rotatable bonds is 8. The van der Waals surface area contributed by atoms with E-state index in [1.165, 1.54) is 18.0 Å². The zero-order valence-corrected chi connectivity index (χ0v) is 23.2. The van der Waals surface area contributed by atoms with Crippen LogP contribution in [0.5, 0.6) is 11.5 Å². The van der Waals surface area contributed by atoms with Crippen molar-refractivity contribution in [3.8, 4) is 23.1 Å². The van der Waals surface area contributed by atoms with Crippen molar-refractivity contribution in [3.05, 3.63) is 86.1 Å². The number of furan rings is 1. The summed E-state index contributed by atoms with van der Waals surface area (Å²) in [5.41, 5.74) is 1.32. The molecule has 0 bridgehead atoms. The highest BCUT2D eigenvalue weighted by Gasteiger charge is 2.17. The molecule has 0 fully saturated rings. The van der Waals surface area contributed by atoms with Crippen LogP contribution in [-0.4, -0.2) is 42.2 Å². The predicted molar refractivity (Wildman–Crippen MR) is 152 cm³/mol. The van der Waals surface area contributed by atoms with E-state index in [1.807, 2.05) is 6.92 Å². The smallest absolute Gasteiger partial charge is 0.343 e. The highest BCUT2D eigenvalue weighted by molar-refractivity contribution is 9.10. The number of methoxy groups -OCH3 is 1. The topological polar surface area (TPSA) is 105 Å². The fraction of sp³-hybridized carbons (Fsp3) is 0.143. The number of fused-ring (bicyclic) bond motifs is 2. The summed E-state index contributed by atoms with van der Waals surface area (Å²) in [6, 6.07) is 17.4. The van der Waals surface area contributed by atoms with Crippen molar-refractivity contribution < 1.29 is 23.4 Å². The van der Waals surface area contributed by atoms with Gasteiger partial charge in [-0.05, 0) is 71.4 Å². The molecule has 3 aromatic carbocycles. The Hall–Kier alpha value is -4.15. The zero-order valence-electron chi connectivity index (χ0n) is 20.8. The fourth-order valence-electron chi connectivity index (χ4n) is 3.86. The van der Waals surface area contributed by atoms with Crippen molar-refractivity contribution in [2.75, 3.05) is 20.3 Å². The molecule has 5 aromatic rings. The maximum atomic E-state index is 13.5. The van der Waals surface area contributed by atoms with Crippen LogP contribution in [0.25, 0.3) is 33.5 Å². The van der Waals surface area contributed by atoms with Crippen LogP contribution in [0.1, 0.15) is 12.5 Å². The molecule has 5 rings (SSSR count). The second-order valence-electron chi connectivity index (χ2n) is 8.23. The largest absolute Gasteiger partial charge is 0.490 e. The molecule has 0 atom stereocenters. The molecule has 11 heteroatoms. The molecule has 0 aliphatic rings. The summed E-state index contributed by atoms with van der Waals surface area (Å²) in [7, 11) is 1.28. The van der Waals surface area contributed by atoms with Crippen molar-refractivity contribution in [1.29, 1.82) is 0 Å². The average Bonchev–Trinajstić information content (AvgIpc) is 3.36. The lowest BCUT2D eigenvalue weighted by Gasteiger charge is -2.13. The molecular weight excluding hydrogens is 590 g/mol. The second-order valence-corrected chi connectivity index (χ2v) is 9.52. The molecule has 39 heavy (non-hydrogen) atoms. The summed E-state index contributed by atoms with van der Waals surface area (Å²) in [5, 5.41) is 6.23. The van der Waals surface area contributed by atoms with Crippen LogP contribution >= 0.6 is 27.5 Å². The molecule has 0 saturated carbocycles. The van der Waals surface area contributed by atoms with E-state index in [0.29, 0.717) is 55.4 Å². The molecule has 198 valence electrons. The van der Waals surface area contributed by atoms with Gasteiger partial charge in [0.05, 0.1) is 30.8 Å². The molecule has 0 N–H and O–H groups in total. The van der Waals surface area contributed by atoms with Gasteiger partial charge in [0.1, 0.15) is 5.58 Å². The van der Waals surface area contributed by atoms with E-state index in [-0.39, 0.29) is 18.0 Å². The van der Waals surface area contributed by atoms with Crippen LogP contribution in [0.2, 0.25) is 5.02 Å². The fourth-order valence-corrected chi connectivity index (χ4v) is 4.47. The maximum Gasteiger partial charge on any atom is 0.343 e. The van der Waals surface area contributed by atoms with Crippen molar-refractivity contribution in [2.24, 2.45) is 5.10 Å². The maximum absolute atomic E-state index is 13.5.